The van der Waals surface area contributed by atoms with Crippen molar-refractivity contribution in [1.82, 2.24) is 10.6 Å². The molecule has 0 aliphatic carbocycles. The minimum absolute atomic E-state index is 0.238. The first-order chi connectivity index (χ1) is 9.06. The topological polar surface area (TPSA) is 95.5 Å². The number of fused-ring (bicyclic) bond motifs is 1. The van der Waals surface area contributed by atoms with E-state index in [1.807, 2.05) is 11.4 Å². The number of amides is 2. The van der Waals surface area contributed by atoms with E-state index in [9.17, 15) is 14.4 Å². The van der Waals surface area contributed by atoms with Gasteiger partial charge in [0, 0.05) is 9.40 Å². The van der Waals surface area contributed by atoms with E-state index in [2.05, 4.69) is 10.6 Å². The Balaban J connectivity index is 1.86. The van der Waals surface area contributed by atoms with Gasteiger partial charge in [0.2, 0.25) is 5.91 Å². The minimum atomic E-state index is -1.13. The molecule has 0 bridgehead atoms. The fourth-order valence-electron chi connectivity index (χ4n) is 1.36. The molecule has 100 valence electrons. The molecule has 0 radical (unpaired) electrons. The van der Waals surface area contributed by atoms with Crippen LogP contribution in [0, 0.1) is 0 Å². The van der Waals surface area contributed by atoms with Crippen molar-refractivity contribution in [1.29, 1.82) is 0 Å². The standard InChI is InChI=1S/C11H10N2O4S2/c14-9(12-5-10(15)16)4-13-11(17)8-3-7-6(19-8)1-2-18-7/h1-3H,4-5H2,(H,12,14)(H,13,17)(H,15,16). The highest BCUT2D eigenvalue weighted by Gasteiger charge is 2.12. The Morgan fingerprint density at radius 3 is 2.63 bits per heavy atom. The molecular weight excluding hydrogens is 288 g/mol. The van der Waals surface area contributed by atoms with Crippen LogP contribution >= 0.6 is 22.7 Å². The molecule has 0 aliphatic rings. The number of carbonyl (C=O) groups is 3. The Hall–Kier alpha value is -1.93. The number of aliphatic carboxylic acids is 1. The Kier molecular flexibility index (Phi) is 4.13. The van der Waals surface area contributed by atoms with Gasteiger partial charge in [-0.05, 0) is 17.5 Å². The maximum Gasteiger partial charge on any atom is 0.322 e. The molecule has 2 aromatic heterocycles. The van der Waals surface area contributed by atoms with Crippen LogP contribution in [0.1, 0.15) is 9.67 Å². The second-order valence-corrected chi connectivity index (χ2v) is 5.64. The maximum atomic E-state index is 11.8. The van der Waals surface area contributed by atoms with Gasteiger partial charge in [0.05, 0.1) is 11.4 Å². The second-order valence-electron chi connectivity index (χ2n) is 3.61. The molecular formula is C11H10N2O4S2. The zero-order valence-electron chi connectivity index (χ0n) is 9.63. The molecule has 0 atom stereocenters. The fraction of sp³-hybridized carbons (Fsp3) is 0.182. The van der Waals surface area contributed by atoms with Gasteiger partial charge in [-0.15, -0.1) is 22.7 Å². The van der Waals surface area contributed by atoms with Crippen LogP contribution in [-0.4, -0.2) is 36.0 Å². The van der Waals surface area contributed by atoms with E-state index in [0.717, 1.165) is 9.40 Å². The highest BCUT2D eigenvalue weighted by atomic mass is 32.1. The van der Waals surface area contributed by atoms with Crippen LogP contribution in [0.3, 0.4) is 0 Å². The smallest absolute Gasteiger partial charge is 0.322 e. The van der Waals surface area contributed by atoms with Crippen molar-refractivity contribution >= 4 is 49.9 Å². The van der Waals surface area contributed by atoms with Crippen molar-refractivity contribution in [2.45, 2.75) is 0 Å². The highest BCUT2D eigenvalue weighted by molar-refractivity contribution is 7.27. The summed E-state index contributed by atoms with van der Waals surface area (Å²) < 4.78 is 2.07. The van der Waals surface area contributed by atoms with Gasteiger partial charge >= 0.3 is 5.97 Å². The third-order valence-electron chi connectivity index (χ3n) is 2.21. The van der Waals surface area contributed by atoms with Crippen LogP contribution in [-0.2, 0) is 9.59 Å². The maximum absolute atomic E-state index is 11.8. The Bertz CT molecular complexity index is 603. The molecule has 2 amide bonds. The predicted molar refractivity (Wildman–Crippen MR) is 72.7 cm³/mol. The summed E-state index contributed by atoms with van der Waals surface area (Å²) in [6.07, 6.45) is 0. The lowest BCUT2D eigenvalue weighted by atomic mass is 10.4. The van der Waals surface area contributed by atoms with Crippen LogP contribution in [0.2, 0.25) is 0 Å². The number of carboxylic acid groups (broad SMARTS) is 1. The van der Waals surface area contributed by atoms with E-state index in [-0.39, 0.29) is 12.5 Å². The quantitative estimate of drug-likeness (QED) is 0.764. The summed E-state index contributed by atoms with van der Waals surface area (Å²) in [6.45, 7) is -0.693. The fourth-order valence-corrected chi connectivity index (χ4v) is 3.39. The molecule has 0 spiro atoms. The van der Waals surface area contributed by atoms with Gasteiger partial charge in [0.25, 0.3) is 5.91 Å². The van der Waals surface area contributed by atoms with Gasteiger partial charge in [-0.25, -0.2) is 0 Å². The third-order valence-corrected chi connectivity index (χ3v) is 4.30. The summed E-state index contributed by atoms with van der Waals surface area (Å²) in [5.74, 6) is -1.99. The number of thiophene rings is 2. The summed E-state index contributed by atoms with van der Waals surface area (Å²) in [6, 6.07) is 3.70. The van der Waals surface area contributed by atoms with E-state index >= 15 is 0 Å². The molecule has 0 fully saturated rings. The third kappa shape index (κ3) is 3.52. The molecule has 19 heavy (non-hydrogen) atoms. The van der Waals surface area contributed by atoms with E-state index < -0.39 is 18.4 Å². The lowest BCUT2D eigenvalue weighted by Gasteiger charge is -2.03. The molecule has 0 aliphatic heterocycles. The molecule has 0 unspecified atom stereocenters. The van der Waals surface area contributed by atoms with Crippen LogP contribution in [0.5, 0.6) is 0 Å². The molecule has 2 aromatic rings. The van der Waals surface area contributed by atoms with Crippen LogP contribution in [0.4, 0.5) is 0 Å². The minimum Gasteiger partial charge on any atom is -0.480 e. The lowest BCUT2D eigenvalue weighted by Crippen LogP contribution is -2.38. The lowest BCUT2D eigenvalue weighted by molar-refractivity contribution is -0.137. The van der Waals surface area contributed by atoms with Crippen LogP contribution in [0.25, 0.3) is 9.40 Å². The summed E-state index contributed by atoms with van der Waals surface area (Å²) in [5.41, 5.74) is 0. The Morgan fingerprint density at radius 2 is 1.95 bits per heavy atom. The summed E-state index contributed by atoms with van der Waals surface area (Å²) in [5, 5.41) is 14.9. The second kappa shape index (κ2) is 5.81. The van der Waals surface area contributed by atoms with E-state index in [0.29, 0.717) is 4.88 Å². The number of hydrogen-bond acceptors (Lipinski definition) is 5. The summed E-state index contributed by atoms with van der Waals surface area (Å²) in [7, 11) is 0. The van der Waals surface area contributed by atoms with E-state index in [1.165, 1.54) is 11.3 Å². The first-order valence-electron chi connectivity index (χ1n) is 5.30. The first kappa shape index (κ1) is 13.5. The molecule has 8 heteroatoms. The predicted octanol–water partition coefficient (Wildman–Crippen LogP) is 0.893. The van der Waals surface area contributed by atoms with Crippen molar-refractivity contribution in [3.8, 4) is 0 Å². The van der Waals surface area contributed by atoms with Crippen molar-refractivity contribution in [2.24, 2.45) is 0 Å². The van der Waals surface area contributed by atoms with Crippen molar-refractivity contribution < 1.29 is 19.5 Å². The number of carbonyl (C=O) groups excluding carboxylic acids is 2. The van der Waals surface area contributed by atoms with Gasteiger partial charge in [-0.1, -0.05) is 0 Å². The van der Waals surface area contributed by atoms with Crippen molar-refractivity contribution in [2.75, 3.05) is 13.1 Å². The summed E-state index contributed by atoms with van der Waals surface area (Å²) >= 11 is 2.90. The van der Waals surface area contributed by atoms with Gasteiger partial charge < -0.3 is 15.7 Å². The Labute approximate surface area is 116 Å². The molecule has 0 aromatic carbocycles. The molecule has 0 saturated heterocycles. The highest BCUT2D eigenvalue weighted by Crippen LogP contribution is 2.29. The van der Waals surface area contributed by atoms with Crippen molar-refractivity contribution in [3.63, 3.8) is 0 Å². The average molecular weight is 298 g/mol. The number of carboxylic acids is 1. The largest absolute Gasteiger partial charge is 0.480 e. The number of nitrogens with one attached hydrogen (secondary N) is 2. The number of hydrogen-bond donors (Lipinski definition) is 3. The normalized spacial score (nSPS) is 10.3. The zero-order chi connectivity index (χ0) is 13.8. The van der Waals surface area contributed by atoms with Crippen molar-refractivity contribution in [3.05, 3.63) is 22.4 Å². The number of rotatable bonds is 5. The molecule has 2 heterocycles. The van der Waals surface area contributed by atoms with Gasteiger partial charge in [-0.2, -0.15) is 0 Å². The average Bonchev–Trinajstić information content (AvgIpc) is 2.93. The van der Waals surface area contributed by atoms with Gasteiger partial charge in [-0.3, -0.25) is 14.4 Å². The monoisotopic (exact) mass is 298 g/mol. The Morgan fingerprint density at radius 1 is 1.16 bits per heavy atom. The molecule has 0 saturated carbocycles. The molecule has 3 N–H and O–H groups in total. The molecule has 6 nitrogen and oxygen atoms in total. The van der Waals surface area contributed by atoms with E-state index in [1.54, 1.807) is 17.4 Å². The molecule has 2 rings (SSSR count). The first-order valence-corrected chi connectivity index (χ1v) is 6.99. The van der Waals surface area contributed by atoms with Crippen LogP contribution < -0.4 is 10.6 Å². The van der Waals surface area contributed by atoms with Gasteiger partial charge in [0.1, 0.15) is 6.54 Å². The summed E-state index contributed by atoms with van der Waals surface area (Å²) in [4.78, 5) is 33.8. The van der Waals surface area contributed by atoms with Gasteiger partial charge in [0.15, 0.2) is 0 Å². The van der Waals surface area contributed by atoms with Crippen LogP contribution in [0.15, 0.2) is 17.5 Å². The SMILES string of the molecule is O=C(O)CNC(=O)CNC(=O)c1cc2sccc2s1. The zero-order valence-corrected chi connectivity index (χ0v) is 11.3. The van der Waals surface area contributed by atoms with E-state index in [4.69, 9.17) is 5.11 Å².